The van der Waals surface area contributed by atoms with Gasteiger partial charge in [0.15, 0.2) is 5.75 Å². The number of phenols is 1. The van der Waals surface area contributed by atoms with E-state index in [1.54, 1.807) is 31.2 Å². The fourth-order valence-corrected chi connectivity index (χ4v) is 4.25. The number of carbonyl (C=O) groups excluding carboxylic acids is 2. The summed E-state index contributed by atoms with van der Waals surface area (Å²) in [5.41, 5.74) is -0.322. The number of benzene rings is 2. The summed E-state index contributed by atoms with van der Waals surface area (Å²) in [7, 11) is 2.86. The highest BCUT2D eigenvalue weighted by atomic mass is 35.5. The van der Waals surface area contributed by atoms with Crippen LogP contribution >= 0.6 is 11.6 Å². The number of methoxy groups -OCH3 is 2. The van der Waals surface area contributed by atoms with Gasteiger partial charge in [0.1, 0.15) is 27.8 Å². The Morgan fingerprint density at radius 1 is 1.20 bits per heavy atom. The first-order valence-electron chi connectivity index (χ1n) is 9.31. The van der Waals surface area contributed by atoms with E-state index in [0.717, 1.165) is 0 Å². The predicted molar refractivity (Wildman–Crippen MR) is 111 cm³/mol. The summed E-state index contributed by atoms with van der Waals surface area (Å²) < 4.78 is 16.6. The number of nitrogens with one attached hydrogen (secondary N) is 1. The Balaban J connectivity index is 1.73. The van der Waals surface area contributed by atoms with E-state index in [-0.39, 0.29) is 33.6 Å². The Bertz CT molecular complexity index is 1100. The number of rotatable bonds is 4. The highest BCUT2D eigenvalue weighted by Crippen LogP contribution is 2.53. The monoisotopic (exact) mass is 429 g/mol. The maximum atomic E-state index is 13.4. The molecule has 2 N–H and O–H groups in total. The molecule has 0 fully saturated rings. The Kier molecular flexibility index (Phi) is 4.86. The van der Waals surface area contributed by atoms with Crippen molar-refractivity contribution in [3.05, 3.63) is 52.7 Å². The van der Waals surface area contributed by atoms with Gasteiger partial charge in [-0.2, -0.15) is 0 Å². The molecule has 2 aliphatic rings. The number of allylic oxidation sites excluding steroid dienone is 1. The molecule has 8 heteroatoms. The largest absolute Gasteiger partial charge is 0.508 e. The van der Waals surface area contributed by atoms with Crippen LogP contribution in [0.3, 0.4) is 0 Å². The van der Waals surface area contributed by atoms with Gasteiger partial charge >= 0.3 is 0 Å². The number of hydrogen-bond donors (Lipinski definition) is 2. The number of phenolic OH excluding ortho intramolecular Hbond substituents is 1. The van der Waals surface area contributed by atoms with Gasteiger partial charge in [-0.15, -0.1) is 0 Å². The highest BCUT2D eigenvalue weighted by Gasteiger charge is 2.60. The lowest BCUT2D eigenvalue weighted by Crippen LogP contribution is -2.55. The molecule has 2 aromatic rings. The molecule has 2 unspecified atom stereocenters. The zero-order valence-corrected chi connectivity index (χ0v) is 17.4. The van der Waals surface area contributed by atoms with Crippen molar-refractivity contribution in [2.45, 2.75) is 18.9 Å². The van der Waals surface area contributed by atoms with Crippen LogP contribution in [0.1, 0.15) is 23.7 Å². The molecule has 0 saturated carbocycles. The fourth-order valence-electron chi connectivity index (χ4n) is 3.99. The topological polar surface area (TPSA) is 94.1 Å². The van der Waals surface area contributed by atoms with Crippen molar-refractivity contribution in [3.63, 3.8) is 0 Å². The zero-order chi connectivity index (χ0) is 21.6. The Hall–Kier alpha value is -3.19. The van der Waals surface area contributed by atoms with Crippen LogP contribution in [-0.2, 0) is 4.79 Å². The van der Waals surface area contributed by atoms with E-state index in [4.69, 9.17) is 25.8 Å². The standard InChI is InChI=1S/C22H20ClNO6/c1-11-7-13(24-12-5-4-6-14(25)8-12)9-17(26)22(11)21(27)18-15(28-2)10-16(29-3)19(23)20(18)30-22/h4-6,8-11,24-25H,7H2,1-3H3. The number of anilines is 1. The van der Waals surface area contributed by atoms with Gasteiger partial charge in [-0.25, -0.2) is 0 Å². The minimum Gasteiger partial charge on any atom is -0.508 e. The number of ketones is 2. The molecule has 156 valence electrons. The van der Waals surface area contributed by atoms with Crippen molar-refractivity contribution in [3.8, 4) is 23.0 Å². The summed E-state index contributed by atoms with van der Waals surface area (Å²) in [5.74, 6) is -0.730. The van der Waals surface area contributed by atoms with Gasteiger partial charge < -0.3 is 24.6 Å². The zero-order valence-electron chi connectivity index (χ0n) is 16.6. The van der Waals surface area contributed by atoms with Crippen LogP contribution in [0, 0.1) is 5.92 Å². The average molecular weight is 430 g/mol. The smallest absolute Gasteiger partial charge is 0.236 e. The summed E-state index contributed by atoms with van der Waals surface area (Å²) in [4.78, 5) is 26.6. The Morgan fingerprint density at radius 2 is 1.93 bits per heavy atom. The molecule has 2 aromatic carbocycles. The van der Waals surface area contributed by atoms with Crippen molar-refractivity contribution in [2.24, 2.45) is 5.92 Å². The van der Waals surface area contributed by atoms with Crippen molar-refractivity contribution >= 4 is 28.9 Å². The van der Waals surface area contributed by atoms with Crippen molar-refractivity contribution in [2.75, 3.05) is 19.5 Å². The molecule has 1 heterocycles. The van der Waals surface area contributed by atoms with E-state index in [1.165, 1.54) is 26.4 Å². The van der Waals surface area contributed by atoms with Crippen LogP contribution < -0.4 is 19.5 Å². The molecule has 0 bridgehead atoms. The second kappa shape index (κ2) is 7.25. The molecule has 0 radical (unpaired) electrons. The first-order chi connectivity index (χ1) is 14.3. The van der Waals surface area contributed by atoms with Crippen molar-refractivity contribution in [1.29, 1.82) is 0 Å². The number of aromatic hydroxyl groups is 1. The Labute approximate surface area is 178 Å². The molecule has 2 atom stereocenters. The van der Waals surface area contributed by atoms with Crippen LogP contribution in [-0.4, -0.2) is 36.5 Å². The van der Waals surface area contributed by atoms with Gasteiger partial charge in [-0.1, -0.05) is 24.6 Å². The second-order valence-corrected chi connectivity index (χ2v) is 7.66. The first kappa shape index (κ1) is 20.1. The summed E-state index contributed by atoms with van der Waals surface area (Å²) in [6.45, 7) is 1.77. The number of fused-ring (bicyclic) bond motifs is 1. The normalized spacial score (nSPS) is 22.4. The summed E-state index contributed by atoms with van der Waals surface area (Å²) >= 11 is 6.38. The van der Waals surface area contributed by atoms with E-state index in [0.29, 0.717) is 17.8 Å². The molecule has 1 aliphatic carbocycles. The maximum Gasteiger partial charge on any atom is 0.236 e. The van der Waals surface area contributed by atoms with E-state index in [2.05, 4.69) is 5.32 Å². The van der Waals surface area contributed by atoms with Crippen LogP contribution in [0.15, 0.2) is 42.1 Å². The van der Waals surface area contributed by atoms with Crippen molar-refractivity contribution in [1.82, 2.24) is 0 Å². The maximum absolute atomic E-state index is 13.4. The third-order valence-corrected chi connectivity index (χ3v) is 5.82. The molecule has 0 saturated heterocycles. The minimum absolute atomic E-state index is 0.0934. The quantitative estimate of drug-likeness (QED) is 0.710. The lowest BCUT2D eigenvalue weighted by Gasteiger charge is -2.35. The van der Waals surface area contributed by atoms with Gasteiger partial charge in [0.2, 0.25) is 17.2 Å². The SMILES string of the molecule is COc1cc(OC)c2c(c1Cl)OC1(C(=O)C=C(Nc3cccc(O)c3)CC1C)C2=O. The number of hydrogen-bond acceptors (Lipinski definition) is 7. The number of ether oxygens (including phenoxy) is 3. The van der Waals surface area contributed by atoms with E-state index >= 15 is 0 Å². The minimum atomic E-state index is -1.71. The molecular weight excluding hydrogens is 410 g/mol. The van der Waals surface area contributed by atoms with Gasteiger partial charge in [0.05, 0.1) is 14.2 Å². The predicted octanol–water partition coefficient (Wildman–Crippen LogP) is 3.98. The highest BCUT2D eigenvalue weighted by molar-refractivity contribution is 6.36. The molecular formula is C22H20ClNO6. The lowest BCUT2D eigenvalue weighted by molar-refractivity contribution is -0.129. The molecule has 1 spiro atoms. The van der Waals surface area contributed by atoms with Gasteiger partial charge in [0.25, 0.3) is 0 Å². The van der Waals surface area contributed by atoms with Gasteiger partial charge in [0, 0.05) is 35.5 Å². The van der Waals surface area contributed by atoms with Crippen LogP contribution in [0.25, 0.3) is 0 Å². The third-order valence-electron chi connectivity index (χ3n) is 5.46. The number of halogens is 1. The molecule has 30 heavy (non-hydrogen) atoms. The number of Topliss-reactive ketones (excluding diaryl/α,β-unsaturated/α-hetero) is 1. The lowest BCUT2D eigenvalue weighted by atomic mass is 9.74. The Morgan fingerprint density at radius 3 is 2.57 bits per heavy atom. The average Bonchev–Trinajstić information content (AvgIpc) is 3.02. The molecule has 0 amide bonds. The summed E-state index contributed by atoms with van der Waals surface area (Å²) in [6.07, 6.45) is 1.74. The molecule has 7 nitrogen and oxygen atoms in total. The molecule has 1 aliphatic heterocycles. The summed E-state index contributed by atoms with van der Waals surface area (Å²) in [5, 5.41) is 12.9. The summed E-state index contributed by atoms with van der Waals surface area (Å²) in [6, 6.07) is 8.06. The molecule has 0 aromatic heterocycles. The molecule has 4 rings (SSSR count). The van der Waals surface area contributed by atoms with E-state index < -0.39 is 23.1 Å². The van der Waals surface area contributed by atoms with E-state index in [1.807, 2.05) is 0 Å². The van der Waals surface area contributed by atoms with Gasteiger partial charge in [-0.05, 0) is 18.6 Å². The third kappa shape index (κ3) is 2.89. The fraction of sp³-hybridized carbons (Fsp3) is 0.273. The van der Waals surface area contributed by atoms with E-state index in [9.17, 15) is 14.7 Å². The van der Waals surface area contributed by atoms with Gasteiger partial charge in [-0.3, -0.25) is 9.59 Å². The second-order valence-electron chi connectivity index (χ2n) is 7.28. The van der Waals surface area contributed by atoms with Crippen molar-refractivity contribution < 1.29 is 28.9 Å². The van der Waals surface area contributed by atoms with Crippen LogP contribution in [0.5, 0.6) is 23.0 Å². The first-order valence-corrected chi connectivity index (χ1v) is 9.69. The number of carbonyl (C=O) groups is 2. The van der Waals surface area contributed by atoms with Crippen LogP contribution in [0.4, 0.5) is 5.69 Å². The van der Waals surface area contributed by atoms with Crippen LogP contribution in [0.2, 0.25) is 5.02 Å².